The molecule has 0 spiro atoms. The van der Waals surface area contributed by atoms with Gasteiger partial charge in [-0.1, -0.05) is 6.92 Å². The molecule has 0 aromatic carbocycles. The van der Waals surface area contributed by atoms with Gasteiger partial charge in [0.15, 0.2) is 5.65 Å². The second kappa shape index (κ2) is 4.96. The average molecular weight is 250 g/mol. The van der Waals surface area contributed by atoms with E-state index in [9.17, 15) is 0 Å². The number of hydrogen-bond acceptors (Lipinski definition) is 4. The summed E-state index contributed by atoms with van der Waals surface area (Å²) in [7, 11) is 0. The molecule has 2 aromatic rings. The summed E-state index contributed by atoms with van der Waals surface area (Å²) in [6.07, 6.45) is 3.98. The van der Waals surface area contributed by atoms with Gasteiger partial charge in [0.25, 0.3) is 0 Å². The molecule has 5 heteroatoms. The molecule has 1 atom stereocenters. The van der Waals surface area contributed by atoms with Crippen LogP contribution in [-0.2, 0) is 6.54 Å². The highest BCUT2D eigenvalue weighted by atomic mass is 32.2. The highest BCUT2D eigenvalue weighted by Gasteiger charge is 2.12. The first-order chi connectivity index (χ1) is 8.11. The van der Waals surface area contributed by atoms with Gasteiger partial charge in [-0.05, 0) is 36.5 Å². The first-order valence-electron chi connectivity index (χ1n) is 5.69. The van der Waals surface area contributed by atoms with Gasteiger partial charge in [-0.2, -0.15) is 11.8 Å². The summed E-state index contributed by atoms with van der Waals surface area (Å²) in [5.74, 6) is 2.24. The van der Waals surface area contributed by atoms with Crippen LogP contribution in [0, 0.1) is 12.8 Å². The van der Waals surface area contributed by atoms with Crippen LogP contribution < -0.4 is 5.73 Å². The Hall–Kier alpha value is -1.23. The number of anilines is 1. The Bertz CT molecular complexity index is 520. The van der Waals surface area contributed by atoms with Crippen molar-refractivity contribution in [2.45, 2.75) is 20.4 Å². The van der Waals surface area contributed by atoms with E-state index in [1.807, 2.05) is 35.5 Å². The van der Waals surface area contributed by atoms with E-state index in [1.165, 1.54) is 0 Å². The molecule has 0 aliphatic carbocycles. The molecule has 1 unspecified atom stereocenters. The largest absolute Gasteiger partial charge is 0.369 e. The summed E-state index contributed by atoms with van der Waals surface area (Å²) < 4.78 is 2.01. The van der Waals surface area contributed by atoms with Crippen molar-refractivity contribution in [3.8, 4) is 0 Å². The van der Waals surface area contributed by atoms with Crippen molar-refractivity contribution in [1.29, 1.82) is 0 Å². The fraction of sp³-hybridized carbons (Fsp3) is 0.500. The normalized spacial score (nSPS) is 13.1. The highest BCUT2D eigenvalue weighted by Crippen LogP contribution is 2.19. The summed E-state index contributed by atoms with van der Waals surface area (Å²) in [5, 5.41) is 0. The van der Waals surface area contributed by atoms with Crippen LogP contribution in [0.25, 0.3) is 11.2 Å². The maximum absolute atomic E-state index is 5.95. The monoisotopic (exact) mass is 250 g/mol. The third-order valence-corrected chi connectivity index (χ3v) is 3.60. The maximum atomic E-state index is 5.95. The lowest BCUT2D eigenvalue weighted by Gasteiger charge is -2.12. The lowest BCUT2D eigenvalue weighted by Crippen LogP contribution is -2.12. The summed E-state index contributed by atoms with van der Waals surface area (Å²) in [6.45, 7) is 5.10. The van der Waals surface area contributed by atoms with Crippen molar-refractivity contribution in [3.63, 3.8) is 0 Å². The van der Waals surface area contributed by atoms with Gasteiger partial charge in [0.1, 0.15) is 5.52 Å². The Morgan fingerprint density at radius 2 is 2.29 bits per heavy atom. The topological polar surface area (TPSA) is 56.7 Å². The minimum Gasteiger partial charge on any atom is -0.369 e. The Morgan fingerprint density at radius 3 is 3.00 bits per heavy atom. The van der Waals surface area contributed by atoms with Gasteiger partial charge in [-0.15, -0.1) is 0 Å². The van der Waals surface area contributed by atoms with E-state index >= 15 is 0 Å². The molecule has 2 rings (SSSR count). The molecule has 2 aromatic heterocycles. The highest BCUT2D eigenvalue weighted by molar-refractivity contribution is 7.98. The first kappa shape index (κ1) is 12.2. The Balaban J connectivity index is 2.36. The second-order valence-corrected chi connectivity index (χ2v) is 5.41. The number of rotatable bonds is 4. The Morgan fingerprint density at radius 1 is 1.53 bits per heavy atom. The average Bonchev–Trinajstić information content (AvgIpc) is 2.55. The van der Waals surface area contributed by atoms with Crippen LogP contribution in [0.3, 0.4) is 0 Å². The van der Waals surface area contributed by atoms with Gasteiger partial charge >= 0.3 is 0 Å². The molecule has 4 nitrogen and oxygen atoms in total. The molecule has 17 heavy (non-hydrogen) atoms. The van der Waals surface area contributed by atoms with E-state index in [1.54, 1.807) is 0 Å². The van der Waals surface area contributed by atoms with Crippen LogP contribution in [0.15, 0.2) is 12.3 Å². The number of pyridine rings is 1. The first-order valence-corrected chi connectivity index (χ1v) is 7.08. The van der Waals surface area contributed by atoms with Gasteiger partial charge < -0.3 is 5.73 Å². The molecule has 0 saturated carbocycles. The molecule has 0 aliphatic rings. The fourth-order valence-electron chi connectivity index (χ4n) is 1.96. The molecule has 0 fully saturated rings. The summed E-state index contributed by atoms with van der Waals surface area (Å²) in [4.78, 5) is 8.79. The van der Waals surface area contributed by atoms with Crippen molar-refractivity contribution < 1.29 is 0 Å². The molecule has 0 radical (unpaired) electrons. The smallest absolute Gasteiger partial charge is 0.202 e. The van der Waals surface area contributed by atoms with E-state index in [4.69, 9.17) is 5.73 Å². The molecule has 2 N–H and O–H groups in total. The predicted molar refractivity (Wildman–Crippen MR) is 74.2 cm³/mol. The van der Waals surface area contributed by atoms with E-state index in [2.05, 4.69) is 23.1 Å². The minimum atomic E-state index is 0.561. The Labute approximate surface area is 106 Å². The van der Waals surface area contributed by atoms with Crippen LogP contribution in [0.5, 0.6) is 0 Å². The van der Waals surface area contributed by atoms with Crippen LogP contribution in [0.4, 0.5) is 5.95 Å². The summed E-state index contributed by atoms with van der Waals surface area (Å²) in [6, 6.07) is 2.02. The van der Waals surface area contributed by atoms with Crippen molar-refractivity contribution >= 4 is 28.9 Å². The number of imidazole rings is 1. The maximum Gasteiger partial charge on any atom is 0.202 e. The van der Waals surface area contributed by atoms with Crippen molar-refractivity contribution in [1.82, 2.24) is 14.5 Å². The molecule has 92 valence electrons. The lowest BCUT2D eigenvalue weighted by molar-refractivity contribution is 0.544. The van der Waals surface area contributed by atoms with Crippen LogP contribution in [0.2, 0.25) is 0 Å². The molecule has 0 saturated heterocycles. The van der Waals surface area contributed by atoms with Gasteiger partial charge in [0.2, 0.25) is 5.95 Å². The number of nitrogens with zero attached hydrogens (tertiary/aromatic N) is 3. The van der Waals surface area contributed by atoms with Crippen molar-refractivity contribution in [2.24, 2.45) is 5.92 Å². The van der Waals surface area contributed by atoms with E-state index in [0.29, 0.717) is 11.9 Å². The number of aromatic nitrogens is 3. The van der Waals surface area contributed by atoms with Gasteiger partial charge in [-0.25, -0.2) is 9.97 Å². The third kappa shape index (κ3) is 2.54. The predicted octanol–water partition coefficient (Wildman–Crippen LogP) is 2.32. The van der Waals surface area contributed by atoms with Crippen molar-refractivity contribution in [2.75, 3.05) is 17.7 Å². The summed E-state index contributed by atoms with van der Waals surface area (Å²) >= 11 is 1.85. The minimum absolute atomic E-state index is 0.561. The van der Waals surface area contributed by atoms with E-state index in [0.717, 1.165) is 29.0 Å². The van der Waals surface area contributed by atoms with Crippen LogP contribution in [0.1, 0.15) is 12.5 Å². The van der Waals surface area contributed by atoms with Gasteiger partial charge in [-0.3, -0.25) is 4.57 Å². The zero-order valence-corrected chi connectivity index (χ0v) is 11.3. The number of hydrogen-bond donors (Lipinski definition) is 1. The van der Waals surface area contributed by atoms with E-state index in [-0.39, 0.29) is 0 Å². The number of thioether (sulfide) groups is 1. The standard InChI is InChI=1S/C12H18N4S/c1-8-4-10-11(14-5-8)16(12(13)15-10)6-9(2)7-17-3/h4-5,9H,6-7H2,1-3H3,(H2,13,15). The SMILES string of the molecule is CSCC(C)Cn1c(N)nc2cc(C)cnc21. The van der Waals surface area contributed by atoms with Crippen molar-refractivity contribution in [3.05, 3.63) is 17.8 Å². The number of nitrogens with two attached hydrogens (primary N) is 1. The van der Waals surface area contributed by atoms with Crippen LogP contribution in [-0.4, -0.2) is 26.5 Å². The second-order valence-electron chi connectivity index (χ2n) is 4.50. The van der Waals surface area contributed by atoms with Gasteiger partial charge in [0.05, 0.1) is 0 Å². The zero-order chi connectivity index (χ0) is 12.4. The molecule has 0 amide bonds. The fourth-order valence-corrected chi connectivity index (χ4v) is 2.63. The van der Waals surface area contributed by atoms with Gasteiger partial charge in [0, 0.05) is 12.7 Å². The lowest BCUT2D eigenvalue weighted by atomic mass is 10.2. The molecule has 0 bridgehead atoms. The number of nitrogen functional groups attached to an aromatic ring is 1. The Kier molecular flexibility index (Phi) is 3.57. The molecule has 0 aliphatic heterocycles. The molecular weight excluding hydrogens is 232 g/mol. The quantitative estimate of drug-likeness (QED) is 0.904. The molecule has 2 heterocycles. The zero-order valence-electron chi connectivity index (χ0n) is 10.5. The number of fused-ring (bicyclic) bond motifs is 1. The number of aryl methyl sites for hydroxylation is 1. The summed E-state index contributed by atoms with van der Waals surface area (Å²) in [5.41, 5.74) is 8.84. The van der Waals surface area contributed by atoms with Crippen LogP contribution >= 0.6 is 11.8 Å². The molecular formula is C12H18N4S. The van der Waals surface area contributed by atoms with E-state index < -0.39 is 0 Å². The third-order valence-electron chi connectivity index (χ3n) is 2.70.